The summed E-state index contributed by atoms with van der Waals surface area (Å²) >= 11 is 0. The van der Waals surface area contributed by atoms with Crippen molar-refractivity contribution in [3.8, 4) is 16.8 Å². The van der Waals surface area contributed by atoms with Crippen LogP contribution in [0.25, 0.3) is 27.8 Å². The molecule has 2 aromatic carbocycles. The minimum atomic E-state index is -0.366. The first-order valence-corrected chi connectivity index (χ1v) is 11.7. The van der Waals surface area contributed by atoms with E-state index in [4.69, 9.17) is 0 Å². The Labute approximate surface area is 196 Å². The predicted octanol–water partition coefficient (Wildman–Crippen LogP) is 5.21. The molecule has 2 saturated carbocycles. The van der Waals surface area contributed by atoms with Crippen molar-refractivity contribution in [2.24, 2.45) is 5.92 Å². The van der Waals surface area contributed by atoms with E-state index in [-0.39, 0.29) is 28.8 Å². The zero-order valence-corrected chi connectivity index (χ0v) is 18.8. The third-order valence-corrected chi connectivity index (χ3v) is 6.89. The highest BCUT2D eigenvalue weighted by molar-refractivity contribution is 5.97. The van der Waals surface area contributed by atoms with Gasteiger partial charge >= 0.3 is 0 Å². The number of hydrogen-bond acceptors (Lipinski definition) is 3. The lowest BCUT2D eigenvalue weighted by Gasteiger charge is -2.14. The van der Waals surface area contributed by atoms with Crippen LogP contribution in [0, 0.1) is 11.7 Å². The van der Waals surface area contributed by atoms with Crippen LogP contribution in [-0.2, 0) is 0 Å². The maximum Gasteiger partial charge on any atom is 0.257 e. The monoisotopic (exact) mass is 453 g/mol. The molecule has 0 bridgehead atoms. The Bertz CT molecular complexity index is 1510. The number of aromatic nitrogens is 2. The van der Waals surface area contributed by atoms with E-state index in [1.54, 1.807) is 35.2 Å². The van der Waals surface area contributed by atoms with Crippen molar-refractivity contribution in [3.63, 3.8) is 0 Å². The zero-order valence-electron chi connectivity index (χ0n) is 18.8. The van der Waals surface area contributed by atoms with Gasteiger partial charge in [-0.05, 0) is 78.1 Å². The first-order chi connectivity index (χ1) is 16.5. The molecule has 2 aliphatic rings. The molecule has 1 amide bonds. The van der Waals surface area contributed by atoms with Crippen molar-refractivity contribution in [3.05, 3.63) is 94.2 Å². The van der Waals surface area contributed by atoms with E-state index in [0.29, 0.717) is 22.9 Å². The summed E-state index contributed by atoms with van der Waals surface area (Å²) in [5.74, 6) is 0.317. The fourth-order valence-electron chi connectivity index (χ4n) is 4.61. The quantitative estimate of drug-likeness (QED) is 0.451. The van der Waals surface area contributed by atoms with E-state index in [0.717, 1.165) is 41.6 Å². The molecule has 34 heavy (non-hydrogen) atoms. The van der Waals surface area contributed by atoms with Gasteiger partial charge in [0, 0.05) is 24.1 Å². The molecule has 2 heterocycles. The average Bonchev–Trinajstić information content (AvgIpc) is 3.78. The highest BCUT2D eigenvalue weighted by atomic mass is 19.1. The summed E-state index contributed by atoms with van der Waals surface area (Å²) in [5, 5.41) is 3.29. The van der Waals surface area contributed by atoms with Gasteiger partial charge in [-0.3, -0.25) is 9.59 Å². The van der Waals surface area contributed by atoms with Gasteiger partial charge in [-0.15, -0.1) is 0 Å². The van der Waals surface area contributed by atoms with E-state index in [9.17, 15) is 14.0 Å². The van der Waals surface area contributed by atoms with Crippen LogP contribution in [0.4, 0.5) is 4.39 Å². The number of pyridine rings is 2. The first kappa shape index (κ1) is 20.8. The molecule has 170 valence electrons. The lowest BCUT2D eigenvalue weighted by Crippen LogP contribution is -2.31. The van der Waals surface area contributed by atoms with Crippen LogP contribution in [0.1, 0.15) is 48.0 Å². The number of nitrogens with one attached hydrogen (secondary N) is 1. The maximum atomic E-state index is 14.8. The van der Waals surface area contributed by atoms with E-state index >= 15 is 0 Å². The van der Waals surface area contributed by atoms with Gasteiger partial charge in [0.15, 0.2) is 0 Å². The van der Waals surface area contributed by atoms with E-state index in [2.05, 4.69) is 17.2 Å². The Kier molecular flexibility index (Phi) is 4.83. The summed E-state index contributed by atoms with van der Waals surface area (Å²) in [6.45, 7) is 2.14. The molecular weight excluding hydrogens is 429 g/mol. The van der Waals surface area contributed by atoms with Crippen molar-refractivity contribution in [1.29, 1.82) is 0 Å². The topological polar surface area (TPSA) is 64.0 Å². The summed E-state index contributed by atoms with van der Waals surface area (Å²) in [6, 6.07) is 16.6. The number of nitrogens with zero attached hydrogens (tertiary/aromatic N) is 2. The number of amides is 1. The van der Waals surface area contributed by atoms with Gasteiger partial charge in [0.25, 0.3) is 5.91 Å². The van der Waals surface area contributed by atoms with Crippen molar-refractivity contribution in [2.75, 3.05) is 0 Å². The minimum absolute atomic E-state index is 0.0896. The lowest BCUT2D eigenvalue weighted by atomic mass is 10.0. The number of rotatable bonds is 5. The first-order valence-electron chi connectivity index (χ1n) is 11.7. The van der Waals surface area contributed by atoms with Crippen LogP contribution in [0.3, 0.4) is 0 Å². The van der Waals surface area contributed by atoms with Crippen LogP contribution in [0.2, 0.25) is 0 Å². The van der Waals surface area contributed by atoms with E-state index in [1.165, 1.54) is 0 Å². The second kappa shape index (κ2) is 7.90. The molecule has 0 aliphatic heterocycles. The number of hydrogen-bond donors (Lipinski definition) is 1. The van der Waals surface area contributed by atoms with Crippen LogP contribution in [0.5, 0.6) is 0 Å². The van der Waals surface area contributed by atoms with Gasteiger partial charge in [0.1, 0.15) is 17.0 Å². The molecule has 6 heteroatoms. The molecule has 0 spiro atoms. The van der Waals surface area contributed by atoms with Crippen LogP contribution in [0.15, 0.2) is 71.8 Å². The Morgan fingerprint density at radius 1 is 1.09 bits per heavy atom. The van der Waals surface area contributed by atoms with Gasteiger partial charge < -0.3 is 9.88 Å². The second-order valence-electron chi connectivity index (χ2n) is 9.47. The number of carbonyl (C=O) groups excluding carboxylic acids is 1. The van der Waals surface area contributed by atoms with Gasteiger partial charge in [-0.1, -0.05) is 31.2 Å². The number of carbonyl (C=O) groups is 1. The smallest absolute Gasteiger partial charge is 0.257 e. The van der Waals surface area contributed by atoms with Crippen LogP contribution >= 0.6 is 0 Å². The molecule has 2 aromatic heterocycles. The Hall–Kier alpha value is -3.80. The largest absolute Gasteiger partial charge is 0.349 e. The van der Waals surface area contributed by atoms with Crippen molar-refractivity contribution >= 4 is 16.9 Å². The molecular formula is C28H24FN3O2. The number of benzene rings is 2. The molecule has 6 rings (SSSR count). The fourth-order valence-corrected chi connectivity index (χ4v) is 4.61. The molecule has 2 atom stereocenters. The molecule has 0 radical (unpaired) electrons. The van der Waals surface area contributed by atoms with Gasteiger partial charge in [0.2, 0.25) is 5.43 Å². The molecule has 0 unspecified atom stereocenters. The Morgan fingerprint density at radius 2 is 1.88 bits per heavy atom. The Balaban J connectivity index is 1.44. The van der Waals surface area contributed by atoms with Gasteiger partial charge in [0.05, 0.1) is 5.39 Å². The van der Waals surface area contributed by atoms with Crippen molar-refractivity contribution in [1.82, 2.24) is 14.9 Å². The van der Waals surface area contributed by atoms with Crippen LogP contribution < -0.4 is 10.7 Å². The van der Waals surface area contributed by atoms with E-state index < -0.39 is 0 Å². The number of halogens is 1. The van der Waals surface area contributed by atoms with E-state index in [1.807, 2.05) is 36.4 Å². The highest BCUT2D eigenvalue weighted by Gasteiger charge is 2.35. The normalized spacial score (nSPS) is 19.2. The molecule has 4 aromatic rings. The highest BCUT2D eigenvalue weighted by Crippen LogP contribution is 2.48. The van der Waals surface area contributed by atoms with Gasteiger partial charge in [-0.2, -0.15) is 0 Å². The molecule has 2 aliphatic carbocycles. The van der Waals surface area contributed by atoms with Crippen LogP contribution in [-0.4, -0.2) is 21.5 Å². The molecule has 5 nitrogen and oxygen atoms in total. The maximum absolute atomic E-state index is 14.8. The molecule has 2 fully saturated rings. The third-order valence-electron chi connectivity index (χ3n) is 6.89. The van der Waals surface area contributed by atoms with Crippen molar-refractivity contribution < 1.29 is 9.18 Å². The average molecular weight is 454 g/mol. The summed E-state index contributed by atoms with van der Waals surface area (Å²) in [5.41, 5.74) is 3.38. The molecule has 0 saturated heterocycles. The second-order valence-corrected chi connectivity index (χ2v) is 9.47. The summed E-state index contributed by atoms with van der Waals surface area (Å²) in [4.78, 5) is 30.3. The fraction of sp³-hybridized carbons (Fsp3) is 0.250. The number of fused-ring (bicyclic) bond motifs is 1. The SMILES string of the molecule is C[C@@H]1C[C@H]1c1ccc(-c2cccc(-n3cc(C(=O)NC4CC4)c(=O)c4cccnc43)c2)cc1F. The summed E-state index contributed by atoms with van der Waals surface area (Å²) in [6.07, 6.45) is 6.10. The lowest BCUT2D eigenvalue weighted by molar-refractivity contribution is 0.0949. The minimum Gasteiger partial charge on any atom is -0.349 e. The van der Waals surface area contributed by atoms with Crippen molar-refractivity contribution in [2.45, 2.75) is 38.1 Å². The standard InChI is InChI=1S/C28H24FN3O2/c1-16-12-23(16)21-10-7-18(14-25(21)29)17-4-2-5-20(13-17)32-15-24(28(34)31-19-8-9-19)26(33)22-6-3-11-30-27(22)32/h2-7,10-11,13-16,19,23H,8-9,12H2,1H3,(H,31,34)/t16-,23-/m1/s1. The predicted molar refractivity (Wildman–Crippen MR) is 130 cm³/mol. The summed E-state index contributed by atoms with van der Waals surface area (Å²) in [7, 11) is 0. The van der Waals surface area contributed by atoms with Gasteiger partial charge in [-0.25, -0.2) is 9.37 Å². The summed E-state index contributed by atoms with van der Waals surface area (Å²) < 4.78 is 16.6. The zero-order chi connectivity index (χ0) is 23.4. The Morgan fingerprint density at radius 3 is 2.62 bits per heavy atom. The molecule has 1 N–H and O–H groups in total. The third kappa shape index (κ3) is 3.69.